The van der Waals surface area contributed by atoms with E-state index in [1.165, 1.54) is 6.07 Å². The molecule has 22 heavy (non-hydrogen) atoms. The van der Waals surface area contributed by atoms with Crippen LogP contribution in [0.2, 0.25) is 0 Å². The zero-order valence-corrected chi connectivity index (χ0v) is 14.9. The predicted molar refractivity (Wildman–Crippen MR) is 89.4 cm³/mol. The molecule has 0 aliphatic heterocycles. The Morgan fingerprint density at radius 3 is 2.27 bits per heavy atom. The monoisotopic (exact) mass is 390 g/mol. The van der Waals surface area contributed by atoms with Crippen molar-refractivity contribution in [3.05, 3.63) is 52.5 Å². The van der Waals surface area contributed by atoms with Crippen LogP contribution in [-0.2, 0) is 9.07 Å². The largest absolute Gasteiger partial charge is 0.453 e. The van der Waals surface area contributed by atoms with Gasteiger partial charge >= 0.3 is 0 Å². The summed E-state index contributed by atoms with van der Waals surface area (Å²) in [6.07, 6.45) is 3.47. The van der Waals surface area contributed by atoms with Crippen molar-refractivity contribution in [3.8, 4) is 11.5 Å². The van der Waals surface area contributed by atoms with Gasteiger partial charge in [-0.3, -0.25) is 4.21 Å². The summed E-state index contributed by atoms with van der Waals surface area (Å²) in [4.78, 5) is 0.707. The topological polar surface area (TPSA) is 26.3 Å². The molecule has 2 aromatic rings. The molecule has 0 aliphatic carbocycles. The summed E-state index contributed by atoms with van der Waals surface area (Å²) < 4.78 is 45.4. The van der Waals surface area contributed by atoms with Crippen LogP contribution in [0.4, 0.5) is 8.78 Å². The summed E-state index contributed by atoms with van der Waals surface area (Å²) in [5.41, 5.74) is 0. The first-order valence-corrected chi connectivity index (χ1v) is 10.4. The molecule has 0 unspecified atom stereocenters. The molecule has 0 atom stereocenters. The highest BCUT2D eigenvalue weighted by atomic mass is 79.9. The fourth-order valence-electron chi connectivity index (χ4n) is 1.80. The van der Waals surface area contributed by atoms with E-state index < -0.39 is 20.7 Å². The molecule has 0 aromatic heterocycles. The van der Waals surface area contributed by atoms with Gasteiger partial charge in [0.15, 0.2) is 11.6 Å². The zero-order valence-electron chi connectivity index (χ0n) is 12.5. The van der Waals surface area contributed by atoms with Crippen LogP contribution in [0.3, 0.4) is 0 Å². The minimum absolute atomic E-state index is 0.0732. The van der Waals surface area contributed by atoms with Crippen LogP contribution >= 0.6 is 15.9 Å². The van der Waals surface area contributed by atoms with Crippen molar-refractivity contribution in [2.45, 2.75) is 11.8 Å². The van der Waals surface area contributed by atoms with Gasteiger partial charge in [0, 0.05) is 16.7 Å². The fraction of sp³-hybridized carbons (Fsp3) is 0.250. The molecule has 0 saturated heterocycles. The first kappa shape index (κ1) is 17.1. The molecule has 2 aromatic carbocycles. The van der Waals surface area contributed by atoms with Gasteiger partial charge < -0.3 is 4.74 Å². The molecule has 0 spiro atoms. The van der Waals surface area contributed by atoms with Gasteiger partial charge in [0.1, 0.15) is 11.6 Å². The SMILES string of the molecule is CCS(C)(C)(=O)c1ccc(Oc2ccc(F)cc2F)c(Br)c1. The second kappa shape index (κ2) is 5.74. The molecule has 0 amide bonds. The summed E-state index contributed by atoms with van der Waals surface area (Å²) in [6.45, 7) is 1.88. The highest BCUT2D eigenvalue weighted by Crippen LogP contribution is 2.37. The summed E-state index contributed by atoms with van der Waals surface area (Å²) in [5.74, 6) is -0.625. The predicted octanol–water partition coefficient (Wildman–Crippen LogP) is 4.98. The third-order valence-electron chi connectivity index (χ3n) is 3.59. The maximum absolute atomic E-state index is 13.6. The van der Waals surface area contributed by atoms with Crippen molar-refractivity contribution in [3.63, 3.8) is 0 Å². The van der Waals surface area contributed by atoms with E-state index in [2.05, 4.69) is 15.9 Å². The van der Waals surface area contributed by atoms with Crippen molar-refractivity contribution >= 4 is 25.0 Å². The first-order chi connectivity index (χ1) is 10.1. The van der Waals surface area contributed by atoms with Crippen molar-refractivity contribution in [2.24, 2.45) is 0 Å². The maximum Gasteiger partial charge on any atom is 0.168 e. The van der Waals surface area contributed by atoms with Crippen molar-refractivity contribution in [1.29, 1.82) is 0 Å². The Bertz CT molecular complexity index is 784. The van der Waals surface area contributed by atoms with E-state index in [1.54, 1.807) is 30.7 Å². The molecule has 0 saturated carbocycles. The van der Waals surface area contributed by atoms with Crippen molar-refractivity contribution in [1.82, 2.24) is 0 Å². The lowest BCUT2D eigenvalue weighted by Gasteiger charge is -2.33. The standard InChI is InChI=1S/C16H17BrF2O2S/c1-4-22(2,3,20)12-6-8-15(13(17)10-12)21-16-7-5-11(18)9-14(16)19/h5-10H,4H2,1-3H3. The fourth-order valence-corrected chi connectivity index (χ4v) is 3.72. The Morgan fingerprint density at radius 2 is 1.73 bits per heavy atom. The molecule has 0 fully saturated rings. The van der Waals surface area contributed by atoms with Gasteiger partial charge in [0.25, 0.3) is 0 Å². The number of ether oxygens (including phenoxy) is 1. The van der Waals surface area contributed by atoms with Crippen LogP contribution in [-0.4, -0.2) is 22.5 Å². The normalized spacial score (nSPS) is 13.5. The molecule has 120 valence electrons. The summed E-state index contributed by atoms with van der Waals surface area (Å²) in [7, 11) is -2.89. The van der Waals surface area contributed by atoms with Gasteiger partial charge in [0.05, 0.1) is 4.47 Å². The minimum Gasteiger partial charge on any atom is -0.453 e. The summed E-state index contributed by atoms with van der Waals surface area (Å²) >= 11 is 3.35. The Morgan fingerprint density at radius 1 is 1.09 bits per heavy atom. The van der Waals surface area contributed by atoms with E-state index in [-0.39, 0.29) is 5.75 Å². The first-order valence-electron chi connectivity index (χ1n) is 6.63. The van der Waals surface area contributed by atoms with E-state index in [4.69, 9.17) is 4.74 Å². The van der Waals surface area contributed by atoms with Crippen LogP contribution in [0.5, 0.6) is 11.5 Å². The molecular weight excluding hydrogens is 374 g/mol. The lowest BCUT2D eigenvalue weighted by Crippen LogP contribution is -2.32. The van der Waals surface area contributed by atoms with Crippen LogP contribution in [0, 0.1) is 11.6 Å². The molecule has 2 nitrogen and oxygen atoms in total. The zero-order chi connectivity index (χ0) is 16.6. The smallest absolute Gasteiger partial charge is 0.168 e. The number of rotatable bonds is 4. The molecule has 0 aliphatic rings. The van der Waals surface area contributed by atoms with Gasteiger partial charge in [0.2, 0.25) is 0 Å². The van der Waals surface area contributed by atoms with Crippen molar-refractivity contribution in [2.75, 3.05) is 18.3 Å². The maximum atomic E-state index is 13.6. The second-order valence-electron chi connectivity index (χ2n) is 5.63. The Kier molecular flexibility index (Phi) is 4.46. The van der Waals surface area contributed by atoms with Crippen LogP contribution in [0.25, 0.3) is 0 Å². The van der Waals surface area contributed by atoms with Crippen molar-refractivity contribution < 1.29 is 17.7 Å². The average molecular weight is 391 g/mol. The summed E-state index contributed by atoms with van der Waals surface area (Å²) in [5, 5.41) is 0. The number of benzene rings is 2. The lowest BCUT2D eigenvalue weighted by atomic mass is 10.3. The highest BCUT2D eigenvalue weighted by Gasteiger charge is 2.26. The molecular formula is C16H17BrF2O2S. The molecule has 6 heteroatoms. The van der Waals surface area contributed by atoms with Gasteiger partial charge in [-0.1, -0.05) is 16.0 Å². The van der Waals surface area contributed by atoms with Gasteiger partial charge in [-0.2, -0.15) is 0 Å². The molecule has 2 rings (SSSR count). The average Bonchev–Trinajstić information content (AvgIpc) is 2.43. The lowest BCUT2D eigenvalue weighted by molar-refractivity contribution is 0.435. The van der Waals surface area contributed by atoms with E-state index in [0.717, 1.165) is 12.1 Å². The Hall–Kier alpha value is -1.27. The third kappa shape index (κ3) is 3.55. The van der Waals surface area contributed by atoms with Gasteiger partial charge in [-0.25, -0.2) is 8.78 Å². The van der Waals surface area contributed by atoms with Gasteiger partial charge in [-0.15, -0.1) is 0 Å². The van der Waals surface area contributed by atoms with E-state index in [9.17, 15) is 13.0 Å². The number of halogens is 3. The summed E-state index contributed by atoms with van der Waals surface area (Å²) in [6, 6.07) is 8.16. The Balaban J connectivity index is 2.37. The van der Waals surface area contributed by atoms with Gasteiger partial charge in [-0.05, 0) is 58.8 Å². The molecule has 0 N–H and O–H groups in total. The van der Waals surface area contributed by atoms with E-state index in [0.29, 0.717) is 20.9 Å². The molecule has 0 bridgehead atoms. The third-order valence-corrected chi connectivity index (χ3v) is 7.61. The van der Waals surface area contributed by atoms with Crippen LogP contribution in [0.15, 0.2) is 45.8 Å². The number of hydrogen-bond donors (Lipinski definition) is 0. The van der Waals surface area contributed by atoms with Crippen LogP contribution in [0.1, 0.15) is 6.92 Å². The number of hydrogen-bond acceptors (Lipinski definition) is 2. The minimum atomic E-state index is -2.89. The quantitative estimate of drug-likeness (QED) is 0.735. The van der Waals surface area contributed by atoms with E-state index >= 15 is 0 Å². The highest BCUT2D eigenvalue weighted by molar-refractivity contribution is 9.10. The van der Waals surface area contributed by atoms with Crippen LogP contribution < -0.4 is 4.74 Å². The Labute approximate surface area is 137 Å². The second-order valence-corrected chi connectivity index (χ2v) is 11.7. The van der Waals surface area contributed by atoms with E-state index in [1.807, 2.05) is 6.92 Å². The molecule has 0 heterocycles. The molecule has 0 radical (unpaired) electrons.